The Hall–Kier alpha value is -4.04. The number of ether oxygens (including phenoxy) is 1. The second-order valence-corrected chi connectivity index (χ2v) is 9.74. The number of fused-ring (bicyclic) bond motifs is 1. The number of thioether (sulfide) groups is 1. The van der Waals surface area contributed by atoms with Crippen molar-refractivity contribution in [2.75, 3.05) is 17.3 Å². The zero-order chi connectivity index (χ0) is 25.8. The molecule has 0 radical (unpaired) electrons. The molecule has 0 bridgehead atoms. The summed E-state index contributed by atoms with van der Waals surface area (Å²) in [5.74, 6) is 1.75. The summed E-state index contributed by atoms with van der Waals surface area (Å²) >= 11 is 1.39. The van der Waals surface area contributed by atoms with E-state index in [1.165, 1.54) is 11.8 Å². The maximum atomic E-state index is 13.4. The van der Waals surface area contributed by atoms with Crippen LogP contribution < -0.4 is 9.64 Å². The summed E-state index contributed by atoms with van der Waals surface area (Å²) < 4.78 is 7.64. The number of H-pyrrole nitrogens is 1. The number of hydrogen-bond acceptors (Lipinski definition) is 5. The number of rotatable bonds is 9. The maximum Gasteiger partial charge on any atom is 0.237 e. The Labute approximate surface area is 220 Å². The van der Waals surface area contributed by atoms with Gasteiger partial charge in [-0.25, -0.2) is 0 Å². The molecule has 1 amide bonds. The van der Waals surface area contributed by atoms with Gasteiger partial charge in [-0.2, -0.15) is 0 Å². The summed E-state index contributed by atoms with van der Waals surface area (Å²) in [5, 5.41) is 10.8. The lowest BCUT2D eigenvalue weighted by Gasteiger charge is -2.26. The lowest BCUT2D eigenvalue weighted by atomic mass is 10.1. The molecule has 0 atom stereocenters. The fraction of sp³-hybridized carbons (Fsp3) is 0.207. The molecule has 7 nitrogen and oxygen atoms in total. The lowest BCUT2D eigenvalue weighted by molar-refractivity contribution is -0.116. The van der Waals surface area contributed by atoms with Gasteiger partial charge in [-0.1, -0.05) is 48.2 Å². The summed E-state index contributed by atoms with van der Waals surface area (Å²) in [5.41, 5.74) is 3.75. The molecule has 2 aromatic heterocycles. The van der Waals surface area contributed by atoms with Crippen LogP contribution in [0, 0.1) is 0 Å². The van der Waals surface area contributed by atoms with Gasteiger partial charge in [0.25, 0.3) is 0 Å². The van der Waals surface area contributed by atoms with E-state index in [4.69, 9.17) is 4.74 Å². The molecule has 0 unspecified atom stereocenters. The van der Waals surface area contributed by atoms with Crippen molar-refractivity contribution in [3.8, 4) is 22.8 Å². The number of aromatic nitrogens is 4. The van der Waals surface area contributed by atoms with Gasteiger partial charge in [0.05, 0.1) is 12.4 Å². The van der Waals surface area contributed by atoms with E-state index in [0.717, 1.165) is 33.6 Å². The summed E-state index contributed by atoms with van der Waals surface area (Å²) in [4.78, 5) is 18.5. The second kappa shape index (κ2) is 10.9. The van der Waals surface area contributed by atoms with Crippen molar-refractivity contribution in [3.05, 3.63) is 85.1 Å². The molecule has 5 aromatic rings. The number of benzene rings is 3. The molecular weight excluding hydrogens is 482 g/mol. The molecule has 0 fully saturated rings. The number of aromatic amines is 1. The van der Waals surface area contributed by atoms with Gasteiger partial charge in [-0.15, -0.1) is 10.2 Å². The first-order chi connectivity index (χ1) is 18.1. The van der Waals surface area contributed by atoms with E-state index in [2.05, 4.69) is 21.2 Å². The third-order valence-electron chi connectivity index (χ3n) is 6.01. The van der Waals surface area contributed by atoms with E-state index in [9.17, 15) is 4.79 Å². The molecule has 0 aliphatic heterocycles. The SMILES string of the molecule is CCOc1ccc(-n2c(SCC(=O)N(c3ccccc3)C(C)C)nnc2-c2c[nH]c3ccccc23)cc1. The Bertz CT molecular complexity index is 1490. The number of anilines is 1. The Balaban J connectivity index is 1.50. The second-order valence-electron chi connectivity index (χ2n) is 8.80. The predicted octanol–water partition coefficient (Wildman–Crippen LogP) is 6.35. The first-order valence-electron chi connectivity index (χ1n) is 12.3. The van der Waals surface area contributed by atoms with Crippen LogP contribution in [-0.4, -0.2) is 44.1 Å². The van der Waals surface area contributed by atoms with Gasteiger partial charge in [0.1, 0.15) is 5.75 Å². The molecule has 0 aliphatic carbocycles. The van der Waals surface area contributed by atoms with E-state index >= 15 is 0 Å². The average molecular weight is 512 g/mol. The van der Waals surface area contributed by atoms with Gasteiger partial charge in [0.15, 0.2) is 11.0 Å². The molecule has 188 valence electrons. The van der Waals surface area contributed by atoms with Crippen LogP contribution in [0.25, 0.3) is 28.0 Å². The minimum absolute atomic E-state index is 0.0149. The van der Waals surface area contributed by atoms with Crippen molar-refractivity contribution in [1.29, 1.82) is 0 Å². The molecule has 37 heavy (non-hydrogen) atoms. The monoisotopic (exact) mass is 511 g/mol. The van der Waals surface area contributed by atoms with Crippen LogP contribution in [0.2, 0.25) is 0 Å². The Morgan fingerprint density at radius 2 is 1.73 bits per heavy atom. The first-order valence-corrected chi connectivity index (χ1v) is 13.3. The summed E-state index contributed by atoms with van der Waals surface area (Å²) in [6, 6.07) is 25.8. The Morgan fingerprint density at radius 3 is 2.46 bits per heavy atom. The van der Waals surface area contributed by atoms with Gasteiger partial charge in [-0.3, -0.25) is 9.36 Å². The molecule has 8 heteroatoms. The van der Waals surface area contributed by atoms with Gasteiger partial charge in [0, 0.05) is 40.1 Å². The minimum atomic E-state index is 0.0149. The zero-order valence-electron chi connectivity index (χ0n) is 21.1. The maximum absolute atomic E-state index is 13.4. The van der Waals surface area contributed by atoms with E-state index in [1.807, 2.05) is 109 Å². The number of nitrogens with one attached hydrogen (secondary N) is 1. The molecule has 1 N–H and O–H groups in total. The molecule has 5 rings (SSSR count). The van der Waals surface area contributed by atoms with E-state index in [1.54, 1.807) is 0 Å². The lowest BCUT2D eigenvalue weighted by Crippen LogP contribution is -2.38. The van der Waals surface area contributed by atoms with Crippen LogP contribution in [0.3, 0.4) is 0 Å². The number of carbonyl (C=O) groups is 1. The summed E-state index contributed by atoms with van der Waals surface area (Å²) in [7, 11) is 0. The van der Waals surface area contributed by atoms with Gasteiger partial charge >= 0.3 is 0 Å². The molecule has 0 saturated heterocycles. The molecule has 0 aliphatic rings. The van der Waals surface area contributed by atoms with Crippen molar-refractivity contribution in [1.82, 2.24) is 19.7 Å². The number of para-hydroxylation sites is 2. The average Bonchev–Trinajstić information content (AvgIpc) is 3.53. The molecule has 3 aromatic carbocycles. The highest BCUT2D eigenvalue weighted by Gasteiger charge is 2.23. The number of amides is 1. The molecule has 0 spiro atoms. The largest absolute Gasteiger partial charge is 0.494 e. The van der Waals surface area contributed by atoms with Crippen molar-refractivity contribution < 1.29 is 9.53 Å². The van der Waals surface area contributed by atoms with Crippen LogP contribution in [-0.2, 0) is 4.79 Å². The zero-order valence-corrected chi connectivity index (χ0v) is 21.9. The number of nitrogens with zero attached hydrogens (tertiary/aromatic N) is 4. The normalized spacial score (nSPS) is 11.2. The van der Waals surface area contributed by atoms with Crippen LogP contribution in [0.5, 0.6) is 5.75 Å². The quantitative estimate of drug-likeness (QED) is 0.234. The fourth-order valence-corrected chi connectivity index (χ4v) is 5.21. The van der Waals surface area contributed by atoms with Crippen LogP contribution in [0.15, 0.2) is 90.2 Å². The number of carbonyl (C=O) groups excluding carboxylic acids is 1. The van der Waals surface area contributed by atoms with Gasteiger partial charge < -0.3 is 14.6 Å². The first kappa shape index (κ1) is 24.6. The highest BCUT2D eigenvalue weighted by Crippen LogP contribution is 2.33. The highest BCUT2D eigenvalue weighted by atomic mass is 32.2. The van der Waals surface area contributed by atoms with Crippen LogP contribution in [0.1, 0.15) is 20.8 Å². The van der Waals surface area contributed by atoms with Crippen molar-refractivity contribution in [2.24, 2.45) is 0 Å². The fourth-order valence-electron chi connectivity index (χ4n) is 4.40. The predicted molar refractivity (Wildman–Crippen MR) is 150 cm³/mol. The topological polar surface area (TPSA) is 76.0 Å². The minimum Gasteiger partial charge on any atom is -0.494 e. The highest BCUT2D eigenvalue weighted by molar-refractivity contribution is 7.99. The van der Waals surface area contributed by atoms with E-state index in [-0.39, 0.29) is 17.7 Å². The van der Waals surface area contributed by atoms with E-state index < -0.39 is 0 Å². The van der Waals surface area contributed by atoms with Crippen molar-refractivity contribution in [2.45, 2.75) is 32.0 Å². The Kier molecular flexibility index (Phi) is 7.28. The smallest absolute Gasteiger partial charge is 0.237 e. The molecule has 2 heterocycles. The van der Waals surface area contributed by atoms with Crippen LogP contribution in [0.4, 0.5) is 5.69 Å². The Morgan fingerprint density at radius 1 is 1.00 bits per heavy atom. The molecular formula is C29H29N5O2S. The van der Waals surface area contributed by atoms with Crippen molar-refractivity contribution in [3.63, 3.8) is 0 Å². The van der Waals surface area contributed by atoms with Gasteiger partial charge in [0.2, 0.25) is 5.91 Å². The third-order valence-corrected chi connectivity index (χ3v) is 6.93. The van der Waals surface area contributed by atoms with Crippen LogP contribution >= 0.6 is 11.8 Å². The van der Waals surface area contributed by atoms with Gasteiger partial charge in [-0.05, 0) is 63.2 Å². The van der Waals surface area contributed by atoms with E-state index in [0.29, 0.717) is 17.6 Å². The number of hydrogen-bond donors (Lipinski definition) is 1. The van der Waals surface area contributed by atoms with Crippen molar-refractivity contribution >= 4 is 34.3 Å². The molecule has 0 saturated carbocycles. The summed E-state index contributed by atoms with van der Waals surface area (Å²) in [6.07, 6.45) is 1.95. The summed E-state index contributed by atoms with van der Waals surface area (Å²) in [6.45, 7) is 6.61. The standard InChI is InChI=1S/C29H29N5O2S/c1-4-36-23-16-14-22(15-17-23)34-28(25-18-30-26-13-9-8-12-24(25)26)31-32-29(34)37-19-27(35)33(20(2)3)21-10-6-5-7-11-21/h5-18,20,30H,4,19H2,1-3H3. The third kappa shape index (κ3) is 5.11.